The van der Waals surface area contributed by atoms with Crippen molar-refractivity contribution in [2.45, 2.75) is 0 Å². The van der Waals surface area contributed by atoms with Crippen molar-refractivity contribution in [2.24, 2.45) is 0 Å². The minimum absolute atomic E-state index is 0.362. The summed E-state index contributed by atoms with van der Waals surface area (Å²) in [5, 5.41) is 3.23. The Labute approximate surface area is 141 Å². The molecule has 0 saturated carbocycles. The minimum Gasteiger partial charge on any atom is -0.297 e. The predicted octanol–water partition coefficient (Wildman–Crippen LogP) is 3.55. The third kappa shape index (κ3) is 2.79. The largest absolute Gasteiger partial charge is 0.297 e. The molecule has 0 fully saturated rings. The van der Waals surface area contributed by atoms with Gasteiger partial charge < -0.3 is 0 Å². The van der Waals surface area contributed by atoms with Gasteiger partial charge in [-0.15, -0.1) is 0 Å². The molecule has 3 aromatic carbocycles. The second-order valence-corrected chi connectivity index (χ2v) is 9.16. The first kappa shape index (κ1) is 15.8. The van der Waals surface area contributed by atoms with E-state index in [0.717, 1.165) is 22.2 Å². The van der Waals surface area contributed by atoms with Gasteiger partial charge in [0.1, 0.15) is 0 Å². The second-order valence-electron chi connectivity index (χ2n) is 5.12. The highest BCUT2D eigenvalue weighted by molar-refractivity contribution is 7.98. The third-order valence-corrected chi connectivity index (χ3v) is 8.66. The van der Waals surface area contributed by atoms with Gasteiger partial charge in [0.05, 0.1) is 4.75 Å². The topological polar surface area (TPSA) is 17.1 Å². The predicted molar refractivity (Wildman–Crippen MR) is 102 cm³/mol. The Morgan fingerprint density at radius 2 is 0.957 bits per heavy atom. The van der Waals surface area contributed by atoms with E-state index >= 15 is 0 Å². The Balaban J connectivity index is 2.50. The highest BCUT2D eigenvalue weighted by Gasteiger charge is 2.28. The van der Waals surface area contributed by atoms with Gasteiger partial charge in [-0.25, -0.2) is 0 Å². The fourth-order valence-corrected chi connectivity index (χ4v) is 7.38. The average molecular weight is 339 g/mol. The van der Waals surface area contributed by atoms with Crippen LogP contribution in [0.25, 0.3) is 0 Å². The number of hydrogen-bond donors (Lipinski definition) is 0. The van der Waals surface area contributed by atoms with E-state index in [4.69, 9.17) is 11.6 Å². The number of halogens is 1. The molecule has 0 bridgehead atoms. The van der Waals surface area contributed by atoms with Gasteiger partial charge in [0.25, 0.3) is 0 Å². The molecule has 3 heteroatoms. The lowest BCUT2D eigenvalue weighted by molar-refractivity contribution is -0.102. The zero-order chi connectivity index (χ0) is 16.1. The second kappa shape index (κ2) is 7.00. The summed E-state index contributed by atoms with van der Waals surface area (Å²) in [6, 6.07) is 30.2. The van der Waals surface area contributed by atoms with Crippen LogP contribution in [-0.4, -0.2) is 11.0 Å². The molecule has 0 aliphatic heterocycles. The van der Waals surface area contributed by atoms with Crippen LogP contribution in [0.15, 0.2) is 91.0 Å². The maximum absolute atomic E-state index is 11.7. The molecule has 0 unspecified atom stereocenters. The van der Waals surface area contributed by atoms with Crippen LogP contribution < -0.4 is 15.9 Å². The van der Waals surface area contributed by atoms with Crippen molar-refractivity contribution in [3.63, 3.8) is 0 Å². The summed E-state index contributed by atoms with van der Waals surface area (Å²) in [7, 11) is 0. The van der Waals surface area contributed by atoms with Crippen molar-refractivity contribution in [3.8, 4) is 0 Å². The Hall–Kier alpha value is -2.08. The zero-order valence-electron chi connectivity index (χ0n) is 12.5. The quantitative estimate of drug-likeness (QED) is 0.525. The van der Waals surface area contributed by atoms with E-state index in [-0.39, 0.29) is 0 Å². The summed E-state index contributed by atoms with van der Waals surface area (Å²) in [5.74, 6) is 0. The van der Waals surface area contributed by atoms with Crippen molar-refractivity contribution < 1.29 is 4.79 Å². The highest BCUT2D eigenvalue weighted by atomic mass is 35.5. The lowest BCUT2D eigenvalue weighted by Crippen LogP contribution is -2.29. The number of carbonyl (C=O) groups excluding carboxylic acids is 1. The molecule has 0 saturated heterocycles. The van der Waals surface area contributed by atoms with E-state index in [0.29, 0.717) is 4.75 Å². The Bertz CT molecular complexity index is 739. The van der Waals surface area contributed by atoms with Gasteiger partial charge in [-0.1, -0.05) is 103 Å². The van der Waals surface area contributed by atoms with Crippen molar-refractivity contribution in [1.82, 2.24) is 0 Å². The van der Waals surface area contributed by atoms with E-state index in [2.05, 4.69) is 36.4 Å². The summed E-state index contributed by atoms with van der Waals surface area (Å²) in [6.07, 6.45) is 0.794. The number of hydrogen-bond acceptors (Lipinski definition) is 1. The first-order chi connectivity index (χ1) is 11.3. The van der Waals surface area contributed by atoms with Crippen LogP contribution >= 0.6 is 18.5 Å². The molecule has 1 nitrogen and oxygen atoms in total. The first-order valence-electron chi connectivity index (χ1n) is 7.34. The number of aldehydes is 1. The monoisotopic (exact) mass is 338 g/mol. The molecule has 3 aromatic rings. The maximum Gasteiger partial charge on any atom is 0.162 e. The smallest absolute Gasteiger partial charge is 0.162 e. The molecule has 0 atom stereocenters. The SMILES string of the molecule is O=CC(Cl)=P(c1ccccc1)(c1ccccc1)c1ccccc1. The molecule has 0 aliphatic rings. The fraction of sp³-hybridized carbons (Fsp3) is 0. The van der Waals surface area contributed by atoms with Crippen molar-refractivity contribution in [2.75, 3.05) is 0 Å². The van der Waals surface area contributed by atoms with Crippen molar-refractivity contribution >= 4 is 45.4 Å². The third-order valence-electron chi connectivity index (χ3n) is 3.85. The van der Waals surface area contributed by atoms with E-state index in [9.17, 15) is 4.79 Å². The molecule has 0 spiro atoms. The minimum atomic E-state index is -2.33. The summed E-state index contributed by atoms with van der Waals surface area (Å²) in [4.78, 5) is 11.7. The summed E-state index contributed by atoms with van der Waals surface area (Å²) >= 11 is 6.59. The summed E-state index contributed by atoms with van der Waals surface area (Å²) in [6.45, 7) is -2.33. The molecule has 23 heavy (non-hydrogen) atoms. The number of benzene rings is 3. The molecular formula is C20H16ClOP. The van der Waals surface area contributed by atoms with Crippen molar-refractivity contribution in [1.29, 1.82) is 0 Å². The van der Waals surface area contributed by atoms with Crippen LogP contribution in [-0.2, 0) is 4.79 Å². The molecule has 0 N–H and O–H groups in total. The molecule has 0 aromatic heterocycles. The lowest BCUT2D eigenvalue weighted by Gasteiger charge is -2.29. The van der Waals surface area contributed by atoms with Gasteiger partial charge in [0.2, 0.25) is 0 Å². The van der Waals surface area contributed by atoms with Gasteiger partial charge in [-0.2, -0.15) is 0 Å². The fourth-order valence-electron chi connectivity index (χ4n) is 2.85. The number of rotatable bonds is 4. The van der Waals surface area contributed by atoms with E-state index in [1.807, 2.05) is 54.6 Å². The van der Waals surface area contributed by atoms with Crippen LogP contribution in [0.5, 0.6) is 0 Å². The van der Waals surface area contributed by atoms with Gasteiger partial charge in [0.15, 0.2) is 6.29 Å². The Morgan fingerprint density at radius 3 is 1.22 bits per heavy atom. The summed E-state index contributed by atoms with van der Waals surface area (Å²) < 4.78 is 0.362. The molecule has 114 valence electrons. The normalized spacial score (nSPS) is 11.0. The zero-order valence-corrected chi connectivity index (χ0v) is 14.1. The molecule has 0 radical (unpaired) electrons. The van der Waals surface area contributed by atoms with E-state index in [1.165, 1.54) is 0 Å². The summed E-state index contributed by atoms with van der Waals surface area (Å²) in [5.41, 5.74) is 0. The van der Waals surface area contributed by atoms with Crippen molar-refractivity contribution in [3.05, 3.63) is 91.0 Å². The standard InChI is InChI=1S/C20H16ClOP/c21-20(16-22)23(17-10-4-1-5-11-17,18-12-6-2-7-13-18)19-14-8-3-9-15-19/h1-16H. The maximum atomic E-state index is 11.7. The van der Waals surface area contributed by atoms with Gasteiger partial charge in [0, 0.05) is 0 Å². The van der Waals surface area contributed by atoms with E-state index in [1.54, 1.807) is 0 Å². The first-order valence-corrected chi connectivity index (χ1v) is 9.51. The van der Waals surface area contributed by atoms with Gasteiger partial charge in [-0.05, 0) is 22.8 Å². The molecule has 0 amide bonds. The Kier molecular flexibility index (Phi) is 4.81. The van der Waals surface area contributed by atoms with Crippen LogP contribution in [0.4, 0.5) is 0 Å². The highest BCUT2D eigenvalue weighted by Crippen LogP contribution is 2.46. The van der Waals surface area contributed by atoms with Crippen LogP contribution in [0.3, 0.4) is 0 Å². The Morgan fingerprint density at radius 1 is 0.652 bits per heavy atom. The van der Waals surface area contributed by atoms with Gasteiger partial charge in [-0.3, -0.25) is 4.79 Å². The number of carbonyl (C=O) groups is 1. The molecule has 0 heterocycles. The van der Waals surface area contributed by atoms with E-state index < -0.39 is 6.89 Å². The molecule has 3 rings (SSSR count). The van der Waals surface area contributed by atoms with Crippen LogP contribution in [0, 0.1) is 0 Å². The van der Waals surface area contributed by atoms with Gasteiger partial charge >= 0.3 is 0 Å². The molecular weight excluding hydrogens is 323 g/mol. The molecule has 0 aliphatic carbocycles. The average Bonchev–Trinajstić information content (AvgIpc) is 2.65. The van der Waals surface area contributed by atoms with Crippen LogP contribution in [0.1, 0.15) is 0 Å². The lowest BCUT2D eigenvalue weighted by atomic mass is 10.4. The van der Waals surface area contributed by atoms with Crippen LogP contribution in [0.2, 0.25) is 0 Å².